The van der Waals surface area contributed by atoms with Gasteiger partial charge in [0.1, 0.15) is 6.04 Å². The molecule has 4 atom stereocenters. The molecule has 0 aromatic heterocycles. The number of hydrogen-bond acceptors (Lipinski definition) is 5. The van der Waals surface area contributed by atoms with Crippen molar-refractivity contribution in [2.24, 2.45) is 11.8 Å². The van der Waals surface area contributed by atoms with Gasteiger partial charge in [-0.15, -0.1) is 0 Å². The van der Waals surface area contributed by atoms with Crippen molar-refractivity contribution in [3.8, 4) is 0 Å². The summed E-state index contributed by atoms with van der Waals surface area (Å²) in [5, 5.41) is 0.547. The normalized spacial score (nSPS) is 23.5. The lowest BCUT2D eigenvalue weighted by atomic mass is 9.85. The van der Waals surface area contributed by atoms with E-state index in [0.717, 1.165) is 9.37 Å². The van der Waals surface area contributed by atoms with E-state index in [1.807, 2.05) is 6.07 Å². The number of carbonyl (C=O) groups excluding carboxylic acids is 4. The fourth-order valence-corrected chi connectivity index (χ4v) is 6.44. The molecule has 0 bridgehead atoms. The summed E-state index contributed by atoms with van der Waals surface area (Å²) in [4.78, 5) is 57.8. The maximum atomic E-state index is 13.9. The summed E-state index contributed by atoms with van der Waals surface area (Å²) in [6.45, 7) is 0. The highest BCUT2D eigenvalue weighted by molar-refractivity contribution is 9.10. The van der Waals surface area contributed by atoms with Crippen LogP contribution in [0.25, 0.3) is 0 Å². The molecule has 3 heterocycles. The molecule has 3 aliphatic heterocycles. The molecule has 3 aromatic rings. The number of amides is 2. The molecule has 0 unspecified atom stereocenters. The minimum absolute atomic E-state index is 0.207. The van der Waals surface area contributed by atoms with Gasteiger partial charge in [0.05, 0.1) is 23.6 Å². The number of halogens is 3. The van der Waals surface area contributed by atoms with Crippen LogP contribution >= 0.6 is 39.1 Å². The Kier molecular flexibility index (Phi) is 6.53. The highest BCUT2D eigenvalue weighted by Crippen LogP contribution is 2.47. The smallest absolute Gasteiger partial charge is 0.240 e. The summed E-state index contributed by atoms with van der Waals surface area (Å²) in [5.41, 5.74) is 1.55. The van der Waals surface area contributed by atoms with Crippen molar-refractivity contribution in [2.75, 3.05) is 4.90 Å². The number of nitrogens with zero attached hydrogens (tertiary/aromatic N) is 2. The van der Waals surface area contributed by atoms with Gasteiger partial charge in [0.15, 0.2) is 11.6 Å². The van der Waals surface area contributed by atoms with Crippen molar-refractivity contribution in [1.82, 2.24) is 4.90 Å². The Morgan fingerprint density at radius 2 is 1.44 bits per heavy atom. The Morgan fingerprint density at radius 3 is 2.10 bits per heavy atom. The number of allylic oxidation sites excluding steroid dienone is 2. The standard InChI is InChI=1S/C30H19BrCl2N2O4/c31-19-8-6-17(7-9-19)28(37)26-25-24(29(38)35(30(25)39)22-14-20(32)13-21(33)15-22)23-12-18(10-11-34(23)26)27(36)16-4-2-1-3-5-16/h1-15,23-26H/t23-,24+,25-,26+/m1/s1. The zero-order chi connectivity index (χ0) is 27.4. The Balaban J connectivity index is 1.44. The average Bonchev–Trinajstić information content (AvgIpc) is 3.39. The molecule has 0 aliphatic carbocycles. The van der Waals surface area contributed by atoms with Crippen LogP contribution in [0, 0.1) is 11.8 Å². The Hall–Kier alpha value is -3.52. The third-order valence-corrected chi connectivity index (χ3v) is 8.31. The van der Waals surface area contributed by atoms with Crippen LogP contribution in [0.4, 0.5) is 5.69 Å². The summed E-state index contributed by atoms with van der Waals surface area (Å²) < 4.78 is 0.808. The van der Waals surface area contributed by atoms with Gasteiger partial charge in [-0.25, -0.2) is 4.90 Å². The minimum Gasteiger partial charge on any atom is -0.359 e. The van der Waals surface area contributed by atoms with E-state index in [1.165, 1.54) is 18.2 Å². The molecule has 3 aliphatic rings. The Bertz CT molecular complexity index is 1580. The highest BCUT2D eigenvalue weighted by Gasteiger charge is 2.63. The fraction of sp³-hybridized carbons (Fsp3) is 0.133. The third kappa shape index (κ3) is 4.35. The molecule has 194 valence electrons. The van der Waals surface area contributed by atoms with Crippen molar-refractivity contribution in [3.05, 3.63) is 122 Å². The quantitative estimate of drug-likeness (QED) is 0.253. The molecule has 39 heavy (non-hydrogen) atoms. The van der Waals surface area contributed by atoms with E-state index in [2.05, 4.69) is 15.9 Å². The van der Waals surface area contributed by atoms with E-state index < -0.39 is 35.7 Å². The van der Waals surface area contributed by atoms with Gasteiger partial charge in [-0.1, -0.05) is 87.7 Å². The third-order valence-electron chi connectivity index (χ3n) is 7.35. The second kappa shape index (κ2) is 9.90. The van der Waals surface area contributed by atoms with Gasteiger partial charge < -0.3 is 4.90 Å². The van der Waals surface area contributed by atoms with E-state index in [9.17, 15) is 19.2 Å². The first kappa shape index (κ1) is 25.7. The van der Waals surface area contributed by atoms with Crippen LogP contribution < -0.4 is 4.90 Å². The second-order valence-corrected chi connectivity index (χ2v) is 11.4. The topological polar surface area (TPSA) is 74.8 Å². The zero-order valence-corrected chi connectivity index (χ0v) is 23.2. The van der Waals surface area contributed by atoms with Gasteiger partial charge in [-0.2, -0.15) is 0 Å². The first-order valence-electron chi connectivity index (χ1n) is 12.2. The van der Waals surface area contributed by atoms with Crippen LogP contribution in [0.1, 0.15) is 20.7 Å². The van der Waals surface area contributed by atoms with Crippen molar-refractivity contribution < 1.29 is 19.2 Å². The lowest BCUT2D eigenvalue weighted by molar-refractivity contribution is -0.123. The summed E-state index contributed by atoms with van der Waals surface area (Å²) in [6.07, 6.45) is 4.99. The van der Waals surface area contributed by atoms with E-state index >= 15 is 0 Å². The van der Waals surface area contributed by atoms with Crippen LogP contribution in [0.5, 0.6) is 0 Å². The molecule has 6 rings (SSSR count). The number of fused-ring (bicyclic) bond motifs is 3. The molecule has 0 N–H and O–H groups in total. The van der Waals surface area contributed by atoms with Crippen molar-refractivity contribution >= 4 is 68.2 Å². The first-order chi connectivity index (χ1) is 18.7. The SMILES string of the molecule is O=C(C1=C[C@@H]2[C@@H]3C(=O)N(c4cc(Cl)cc(Cl)c4)C(=O)[C@H]3[C@@H](C(=O)c3ccc(Br)cc3)N2C=C1)c1ccccc1. The van der Waals surface area contributed by atoms with Gasteiger partial charge in [0, 0.05) is 37.4 Å². The number of hydrogen-bond donors (Lipinski definition) is 0. The van der Waals surface area contributed by atoms with Gasteiger partial charge >= 0.3 is 0 Å². The van der Waals surface area contributed by atoms with Crippen LogP contribution in [0.15, 0.2) is 101 Å². The summed E-state index contributed by atoms with van der Waals surface area (Å²) >= 11 is 15.7. The Morgan fingerprint density at radius 1 is 0.795 bits per heavy atom. The molecular formula is C30H19BrCl2N2O4. The predicted molar refractivity (Wildman–Crippen MR) is 152 cm³/mol. The van der Waals surface area contributed by atoms with Gasteiger partial charge in [0.25, 0.3) is 0 Å². The maximum Gasteiger partial charge on any atom is 0.240 e. The molecular weight excluding hydrogens is 603 g/mol. The molecule has 0 radical (unpaired) electrons. The van der Waals surface area contributed by atoms with Gasteiger partial charge in [-0.3, -0.25) is 19.2 Å². The highest BCUT2D eigenvalue weighted by atomic mass is 79.9. The fourth-order valence-electron chi connectivity index (χ4n) is 5.66. The summed E-state index contributed by atoms with van der Waals surface area (Å²) in [7, 11) is 0. The molecule has 2 fully saturated rings. The first-order valence-corrected chi connectivity index (χ1v) is 13.7. The lowest BCUT2D eigenvalue weighted by Gasteiger charge is -2.33. The number of ketones is 2. The summed E-state index contributed by atoms with van der Waals surface area (Å²) in [5.74, 6) is -3.33. The Labute approximate surface area is 242 Å². The second-order valence-electron chi connectivity index (χ2n) is 9.58. The van der Waals surface area contributed by atoms with Crippen LogP contribution in [-0.2, 0) is 9.59 Å². The number of Topliss-reactive ketones (excluding diaryl/α,β-unsaturated/α-hetero) is 2. The zero-order valence-electron chi connectivity index (χ0n) is 20.1. The van der Waals surface area contributed by atoms with E-state index in [1.54, 1.807) is 71.8 Å². The molecule has 9 heteroatoms. The van der Waals surface area contributed by atoms with Crippen molar-refractivity contribution in [3.63, 3.8) is 0 Å². The van der Waals surface area contributed by atoms with E-state index in [-0.39, 0.29) is 27.3 Å². The van der Waals surface area contributed by atoms with Crippen LogP contribution in [-0.4, -0.2) is 40.4 Å². The van der Waals surface area contributed by atoms with E-state index in [0.29, 0.717) is 16.7 Å². The number of imide groups is 1. The average molecular weight is 622 g/mol. The molecule has 6 nitrogen and oxygen atoms in total. The number of anilines is 1. The number of rotatable bonds is 5. The van der Waals surface area contributed by atoms with Crippen molar-refractivity contribution in [1.29, 1.82) is 0 Å². The molecule has 2 amide bonds. The van der Waals surface area contributed by atoms with Crippen LogP contribution in [0.2, 0.25) is 10.0 Å². The summed E-state index contributed by atoms with van der Waals surface area (Å²) in [6, 6.07) is 18.5. The van der Waals surface area contributed by atoms with Gasteiger partial charge in [-0.05, 0) is 36.4 Å². The lowest BCUT2D eigenvalue weighted by Crippen LogP contribution is -2.46. The van der Waals surface area contributed by atoms with Gasteiger partial charge in [0.2, 0.25) is 11.8 Å². The molecule has 0 saturated carbocycles. The maximum absolute atomic E-state index is 13.9. The molecule has 2 saturated heterocycles. The molecule has 0 spiro atoms. The predicted octanol–water partition coefficient (Wildman–Crippen LogP) is 6.13. The number of benzene rings is 3. The number of carbonyl (C=O) groups is 4. The largest absolute Gasteiger partial charge is 0.359 e. The monoisotopic (exact) mass is 620 g/mol. The van der Waals surface area contributed by atoms with Crippen LogP contribution in [0.3, 0.4) is 0 Å². The minimum atomic E-state index is -0.969. The van der Waals surface area contributed by atoms with Crippen molar-refractivity contribution in [2.45, 2.75) is 12.1 Å². The van der Waals surface area contributed by atoms with E-state index in [4.69, 9.17) is 23.2 Å². The molecule has 3 aromatic carbocycles.